The van der Waals surface area contributed by atoms with Crippen LogP contribution in [0.1, 0.15) is 18.0 Å². The minimum atomic E-state index is -0.638. The van der Waals surface area contributed by atoms with Gasteiger partial charge in [0.1, 0.15) is 11.6 Å². The molecular formula is C9H9FN2O. The summed E-state index contributed by atoms with van der Waals surface area (Å²) in [5.41, 5.74) is 5.79. The molecule has 0 bridgehead atoms. The number of nitrogens with zero attached hydrogens (tertiary/aromatic N) is 1. The topological polar surface area (TPSA) is 70.0 Å². The average molecular weight is 180 g/mol. The number of hydrogen-bond acceptors (Lipinski definition) is 3. The molecule has 0 heterocycles. The number of hydrogen-bond donors (Lipinski definition) is 2. The fraction of sp³-hybridized carbons (Fsp3) is 0.222. The molecule has 68 valence electrons. The number of aromatic hydroxyl groups is 1. The van der Waals surface area contributed by atoms with E-state index in [0.29, 0.717) is 0 Å². The number of phenols is 1. The third-order valence-corrected chi connectivity index (χ3v) is 1.70. The van der Waals surface area contributed by atoms with Crippen molar-refractivity contribution in [3.63, 3.8) is 0 Å². The summed E-state index contributed by atoms with van der Waals surface area (Å²) in [5, 5.41) is 17.6. The maximum absolute atomic E-state index is 12.7. The van der Waals surface area contributed by atoms with Crippen LogP contribution in [0.25, 0.3) is 0 Å². The molecule has 0 radical (unpaired) electrons. The Hall–Kier alpha value is -1.60. The molecular weight excluding hydrogens is 171 g/mol. The molecule has 0 aliphatic rings. The minimum Gasteiger partial charge on any atom is -0.508 e. The predicted octanol–water partition coefficient (Wildman–Crippen LogP) is 1.44. The molecule has 1 atom stereocenters. The molecule has 3 nitrogen and oxygen atoms in total. The van der Waals surface area contributed by atoms with Crippen molar-refractivity contribution < 1.29 is 9.50 Å². The van der Waals surface area contributed by atoms with Gasteiger partial charge in [0, 0.05) is 11.6 Å². The summed E-state index contributed by atoms with van der Waals surface area (Å²) in [6.45, 7) is 0. The largest absolute Gasteiger partial charge is 0.508 e. The SMILES string of the molecule is N#CCC(N)c1cc(F)ccc1O. The second kappa shape index (κ2) is 3.87. The van der Waals surface area contributed by atoms with Crippen molar-refractivity contribution in [3.05, 3.63) is 29.6 Å². The Morgan fingerprint density at radius 3 is 2.92 bits per heavy atom. The van der Waals surface area contributed by atoms with E-state index in [9.17, 15) is 9.50 Å². The lowest BCUT2D eigenvalue weighted by molar-refractivity contribution is 0.459. The van der Waals surface area contributed by atoms with Gasteiger partial charge in [-0.05, 0) is 18.2 Å². The summed E-state index contributed by atoms with van der Waals surface area (Å²) in [6, 6.07) is 4.71. The van der Waals surface area contributed by atoms with Gasteiger partial charge in [0.15, 0.2) is 0 Å². The smallest absolute Gasteiger partial charge is 0.123 e. The summed E-state index contributed by atoms with van der Waals surface area (Å²) in [7, 11) is 0. The summed E-state index contributed by atoms with van der Waals surface area (Å²) < 4.78 is 12.7. The molecule has 0 saturated heterocycles. The van der Waals surface area contributed by atoms with Gasteiger partial charge in [0.2, 0.25) is 0 Å². The van der Waals surface area contributed by atoms with Crippen molar-refractivity contribution in [2.24, 2.45) is 5.73 Å². The van der Waals surface area contributed by atoms with Crippen LogP contribution in [0.2, 0.25) is 0 Å². The van der Waals surface area contributed by atoms with Crippen molar-refractivity contribution in [3.8, 4) is 11.8 Å². The van der Waals surface area contributed by atoms with Gasteiger partial charge in [-0.25, -0.2) is 4.39 Å². The molecule has 13 heavy (non-hydrogen) atoms. The third kappa shape index (κ3) is 2.17. The number of nitriles is 1. The van der Waals surface area contributed by atoms with Crippen LogP contribution in [0.4, 0.5) is 4.39 Å². The van der Waals surface area contributed by atoms with Gasteiger partial charge in [-0.3, -0.25) is 0 Å². The lowest BCUT2D eigenvalue weighted by atomic mass is 10.0. The summed E-state index contributed by atoms with van der Waals surface area (Å²) in [6.07, 6.45) is 0.0526. The van der Waals surface area contributed by atoms with Crippen LogP contribution in [0.5, 0.6) is 5.75 Å². The van der Waals surface area contributed by atoms with E-state index in [1.807, 2.05) is 6.07 Å². The quantitative estimate of drug-likeness (QED) is 0.723. The molecule has 1 unspecified atom stereocenters. The Balaban J connectivity index is 3.00. The molecule has 0 fully saturated rings. The van der Waals surface area contributed by atoms with Crippen molar-refractivity contribution >= 4 is 0 Å². The standard InChI is InChI=1S/C9H9FN2O/c10-6-1-2-9(13)7(5-6)8(12)3-4-11/h1-2,5,8,13H,3,12H2. The van der Waals surface area contributed by atoms with Gasteiger partial charge >= 0.3 is 0 Å². The van der Waals surface area contributed by atoms with Crippen LogP contribution < -0.4 is 5.73 Å². The Morgan fingerprint density at radius 1 is 1.62 bits per heavy atom. The van der Waals surface area contributed by atoms with Crippen LogP contribution in [-0.4, -0.2) is 5.11 Å². The van der Waals surface area contributed by atoms with Gasteiger partial charge in [-0.2, -0.15) is 5.26 Å². The Kier molecular flexibility index (Phi) is 2.83. The molecule has 4 heteroatoms. The molecule has 1 aromatic rings. The summed E-state index contributed by atoms with van der Waals surface area (Å²) in [5.74, 6) is -0.551. The lowest BCUT2D eigenvalue weighted by Gasteiger charge is -2.09. The maximum atomic E-state index is 12.7. The Morgan fingerprint density at radius 2 is 2.31 bits per heavy atom. The molecule has 0 aliphatic carbocycles. The first-order chi connectivity index (χ1) is 6.15. The first kappa shape index (κ1) is 9.49. The molecule has 0 saturated carbocycles. The van der Waals surface area contributed by atoms with Crippen LogP contribution in [-0.2, 0) is 0 Å². The highest BCUT2D eigenvalue weighted by Gasteiger charge is 2.10. The minimum absolute atomic E-state index is 0.0526. The highest BCUT2D eigenvalue weighted by Crippen LogP contribution is 2.24. The summed E-state index contributed by atoms with van der Waals surface area (Å²) >= 11 is 0. The van der Waals surface area contributed by atoms with Crippen molar-refractivity contribution in [2.45, 2.75) is 12.5 Å². The van der Waals surface area contributed by atoms with E-state index in [4.69, 9.17) is 11.0 Å². The van der Waals surface area contributed by atoms with E-state index < -0.39 is 11.9 Å². The zero-order valence-electron chi connectivity index (χ0n) is 6.87. The fourth-order valence-corrected chi connectivity index (χ4v) is 1.03. The van der Waals surface area contributed by atoms with Gasteiger partial charge in [0.05, 0.1) is 12.5 Å². The summed E-state index contributed by atoms with van der Waals surface area (Å²) in [4.78, 5) is 0. The van der Waals surface area contributed by atoms with Crippen molar-refractivity contribution in [2.75, 3.05) is 0 Å². The predicted molar refractivity (Wildman–Crippen MR) is 45.2 cm³/mol. The molecule has 0 aliphatic heterocycles. The number of halogens is 1. The van der Waals surface area contributed by atoms with Gasteiger partial charge < -0.3 is 10.8 Å². The highest BCUT2D eigenvalue weighted by molar-refractivity contribution is 5.35. The van der Waals surface area contributed by atoms with Crippen molar-refractivity contribution in [1.29, 1.82) is 5.26 Å². The van der Waals surface area contributed by atoms with E-state index in [1.54, 1.807) is 0 Å². The number of benzene rings is 1. The van der Waals surface area contributed by atoms with E-state index in [-0.39, 0.29) is 17.7 Å². The van der Waals surface area contributed by atoms with Crippen molar-refractivity contribution in [1.82, 2.24) is 0 Å². The van der Waals surface area contributed by atoms with Crippen LogP contribution >= 0.6 is 0 Å². The molecule has 0 spiro atoms. The fourth-order valence-electron chi connectivity index (χ4n) is 1.03. The monoisotopic (exact) mass is 180 g/mol. The maximum Gasteiger partial charge on any atom is 0.123 e. The van der Waals surface area contributed by atoms with E-state index in [2.05, 4.69) is 0 Å². The molecule has 1 rings (SSSR count). The number of rotatable bonds is 2. The molecule has 3 N–H and O–H groups in total. The zero-order valence-corrected chi connectivity index (χ0v) is 6.87. The third-order valence-electron chi connectivity index (χ3n) is 1.70. The second-order valence-electron chi connectivity index (χ2n) is 2.67. The molecule has 0 aromatic heterocycles. The van der Waals surface area contributed by atoms with E-state index in [1.165, 1.54) is 6.07 Å². The Bertz CT molecular complexity index is 346. The molecule has 1 aromatic carbocycles. The number of nitrogens with two attached hydrogens (primary N) is 1. The molecule has 0 amide bonds. The van der Waals surface area contributed by atoms with Crippen LogP contribution in [0, 0.1) is 17.1 Å². The van der Waals surface area contributed by atoms with E-state index in [0.717, 1.165) is 12.1 Å². The normalized spacial score (nSPS) is 12.1. The zero-order chi connectivity index (χ0) is 9.84. The van der Waals surface area contributed by atoms with Gasteiger partial charge in [-0.15, -0.1) is 0 Å². The van der Waals surface area contributed by atoms with Gasteiger partial charge in [0.25, 0.3) is 0 Å². The Labute approximate surface area is 75.2 Å². The van der Waals surface area contributed by atoms with E-state index >= 15 is 0 Å². The van der Waals surface area contributed by atoms with Crippen LogP contribution in [0.15, 0.2) is 18.2 Å². The lowest BCUT2D eigenvalue weighted by Crippen LogP contribution is -2.09. The first-order valence-electron chi connectivity index (χ1n) is 3.76. The highest BCUT2D eigenvalue weighted by atomic mass is 19.1. The average Bonchev–Trinajstić information content (AvgIpc) is 2.09. The first-order valence-corrected chi connectivity index (χ1v) is 3.76. The van der Waals surface area contributed by atoms with Gasteiger partial charge in [-0.1, -0.05) is 0 Å². The second-order valence-corrected chi connectivity index (χ2v) is 2.67. The van der Waals surface area contributed by atoms with Crippen LogP contribution in [0.3, 0.4) is 0 Å². The number of phenolic OH excluding ortho intramolecular Hbond substituents is 1.